The van der Waals surface area contributed by atoms with Crippen molar-refractivity contribution in [2.75, 3.05) is 14.1 Å². The molecule has 0 aliphatic carbocycles. The number of nitrogens with zero attached hydrogens (tertiary/aromatic N) is 2. The monoisotopic (exact) mass is 111 g/mol. The molecule has 0 aromatic heterocycles. The van der Waals surface area contributed by atoms with Gasteiger partial charge in [-0.25, -0.2) is 0 Å². The predicted molar refractivity (Wildman–Crippen MR) is 33.6 cm³/mol. The van der Waals surface area contributed by atoms with Gasteiger partial charge in [-0.1, -0.05) is 0 Å². The van der Waals surface area contributed by atoms with Gasteiger partial charge in [-0.3, -0.25) is 0 Å². The van der Waals surface area contributed by atoms with E-state index in [1.54, 1.807) is 0 Å². The molecule has 8 heavy (non-hydrogen) atoms. The maximum absolute atomic E-state index is 2.08. The first-order valence-corrected chi connectivity index (χ1v) is 2.68. The third-order valence-corrected chi connectivity index (χ3v) is 1.30. The van der Waals surface area contributed by atoms with Gasteiger partial charge in [0.05, 0.1) is 0 Å². The number of hydrogen-bond acceptors (Lipinski definition) is 2. The Balaban J connectivity index is 2.59. The van der Waals surface area contributed by atoms with E-state index in [0.29, 0.717) is 0 Å². The SMILES string of the molecule is CC1=CN(C)[CH]N1C. The molecule has 2 nitrogen and oxygen atoms in total. The number of rotatable bonds is 0. The van der Waals surface area contributed by atoms with Crippen molar-refractivity contribution in [2.24, 2.45) is 0 Å². The van der Waals surface area contributed by atoms with Crippen LogP contribution >= 0.6 is 0 Å². The predicted octanol–water partition coefficient (Wildman–Crippen LogP) is 0.844. The molecule has 0 unspecified atom stereocenters. The molecule has 0 amide bonds. The van der Waals surface area contributed by atoms with E-state index in [2.05, 4.69) is 18.0 Å². The summed E-state index contributed by atoms with van der Waals surface area (Å²) in [5, 5.41) is 0. The van der Waals surface area contributed by atoms with Gasteiger partial charge in [0, 0.05) is 26.0 Å². The van der Waals surface area contributed by atoms with E-state index in [9.17, 15) is 0 Å². The fourth-order valence-corrected chi connectivity index (χ4v) is 0.783. The first kappa shape index (κ1) is 5.48. The van der Waals surface area contributed by atoms with Crippen molar-refractivity contribution < 1.29 is 0 Å². The Bertz CT molecular complexity index is 118. The second-order valence-corrected chi connectivity index (χ2v) is 2.16. The summed E-state index contributed by atoms with van der Waals surface area (Å²) in [6, 6.07) is 0. The van der Waals surface area contributed by atoms with Gasteiger partial charge in [0.25, 0.3) is 0 Å². The van der Waals surface area contributed by atoms with E-state index < -0.39 is 0 Å². The first-order chi connectivity index (χ1) is 3.70. The Kier molecular flexibility index (Phi) is 1.16. The standard InChI is InChI=1S/C6H11N2/c1-6-4-7(2)5-8(6)3/h4-5H,1-3H3. The molecule has 45 valence electrons. The molecular weight excluding hydrogens is 100 g/mol. The van der Waals surface area contributed by atoms with Gasteiger partial charge in [0.2, 0.25) is 0 Å². The van der Waals surface area contributed by atoms with Crippen molar-refractivity contribution in [3.05, 3.63) is 18.6 Å². The van der Waals surface area contributed by atoms with Crippen molar-refractivity contribution in [2.45, 2.75) is 6.92 Å². The van der Waals surface area contributed by atoms with Gasteiger partial charge < -0.3 is 9.80 Å². The van der Waals surface area contributed by atoms with Gasteiger partial charge in [-0.2, -0.15) is 0 Å². The molecule has 0 fully saturated rings. The van der Waals surface area contributed by atoms with Gasteiger partial charge >= 0.3 is 0 Å². The Labute approximate surface area is 50.4 Å². The fraction of sp³-hybridized carbons (Fsp3) is 0.500. The topological polar surface area (TPSA) is 6.48 Å². The zero-order valence-corrected chi connectivity index (χ0v) is 5.55. The summed E-state index contributed by atoms with van der Waals surface area (Å²) in [5.41, 5.74) is 1.28. The summed E-state index contributed by atoms with van der Waals surface area (Å²) >= 11 is 0. The average molecular weight is 111 g/mol. The van der Waals surface area contributed by atoms with Crippen molar-refractivity contribution >= 4 is 0 Å². The quantitative estimate of drug-likeness (QED) is 0.457. The van der Waals surface area contributed by atoms with E-state index in [-0.39, 0.29) is 0 Å². The summed E-state index contributed by atoms with van der Waals surface area (Å²) in [4.78, 5) is 4.12. The van der Waals surface area contributed by atoms with Crippen LogP contribution in [0.5, 0.6) is 0 Å². The molecule has 0 spiro atoms. The Hall–Kier alpha value is -0.660. The van der Waals surface area contributed by atoms with Crippen LogP contribution in [0.2, 0.25) is 0 Å². The molecule has 0 aromatic carbocycles. The summed E-state index contributed by atoms with van der Waals surface area (Å²) < 4.78 is 0. The van der Waals surface area contributed by atoms with Crippen LogP contribution in [0.4, 0.5) is 0 Å². The lowest BCUT2D eigenvalue weighted by Gasteiger charge is -2.11. The smallest absolute Gasteiger partial charge is 0.141 e. The van der Waals surface area contributed by atoms with E-state index in [1.807, 2.05) is 25.7 Å². The van der Waals surface area contributed by atoms with Crippen LogP contribution in [0.1, 0.15) is 6.92 Å². The second kappa shape index (κ2) is 1.69. The average Bonchev–Trinajstić information content (AvgIpc) is 1.85. The molecule has 0 atom stereocenters. The van der Waals surface area contributed by atoms with E-state index in [4.69, 9.17) is 0 Å². The minimum absolute atomic E-state index is 1.28. The van der Waals surface area contributed by atoms with Crippen molar-refractivity contribution in [1.82, 2.24) is 9.80 Å². The Morgan fingerprint density at radius 1 is 1.38 bits per heavy atom. The maximum Gasteiger partial charge on any atom is 0.141 e. The highest BCUT2D eigenvalue weighted by Crippen LogP contribution is 2.12. The lowest BCUT2D eigenvalue weighted by atomic mass is 10.5. The van der Waals surface area contributed by atoms with Gasteiger partial charge in [0.15, 0.2) is 0 Å². The largest absolute Gasteiger partial charge is 0.356 e. The molecule has 1 rings (SSSR count). The molecule has 0 saturated carbocycles. The van der Waals surface area contributed by atoms with Gasteiger partial charge in [0.1, 0.15) is 6.67 Å². The highest BCUT2D eigenvalue weighted by Gasteiger charge is 2.09. The Morgan fingerprint density at radius 3 is 2.12 bits per heavy atom. The zero-order valence-electron chi connectivity index (χ0n) is 5.55. The van der Waals surface area contributed by atoms with Crippen LogP contribution in [-0.4, -0.2) is 23.9 Å². The first-order valence-electron chi connectivity index (χ1n) is 2.68. The summed E-state index contributed by atoms with van der Waals surface area (Å²) in [6.07, 6.45) is 2.08. The van der Waals surface area contributed by atoms with E-state index in [1.165, 1.54) is 5.70 Å². The zero-order chi connectivity index (χ0) is 6.15. The minimum atomic E-state index is 1.28. The molecule has 0 aromatic rings. The van der Waals surface area contributed by atoms with Crippen LogP contribution in [-0.2, 0) is 0 Å². The lowest BCUT2D eigenvalue weighted by molar-refractivity contribution is 0.419. The molecule has 1 aliphatic rings. The van der Waals surface area contributed by atoms with Crippen LogP contribution in [0.15, 0.2) is 11.9 Å². The van der Waals surface area contributed by atoms with Gasteiger partial charge in [-0.15, -0.1) is 0 Å². The van der Waals surface area contributed by atoms with Crippen molar-refractivity contribution in [1.29, 1.82) is 0 Å². The molecule has 0 bridgehead atoms. The maximum atomic E-state index is 2.08. The molecule has 0 saturated heterocycles. The third kappa shape index (κ3) is 0.782. The summed E-state index contributed by atoms with van der Waals surface area (Å²) in [6.45, 7) is 4.12. The van der Waals surface area contributed by atoms with Crippen LogP contribution in [0.25, 0.3) is 0 Å². The van der Waals surface area contributed by atoms with E-state index in [0.717, 1.165) is 0 Å². The van der Waals surface area contributed by atoms with Crippen molar-refractivity contribution in [3.8, 4) is 0 Å². The van der Waals surface area contributed by atoms with Crippen LogP contribution in [0.3, 0.4) is 0 Å². The number of hydrogen-bond donors (Lipinski definition) is 0. The highest BCUT2D eigenvalue weighted by molar-refractivity contribution is 5.05. The van der Waals surface area contributed by atoms with Crippen LogP contribution < -0.4 is 0 Å². The summed E-state index contributed by atoms with van der Waals surface area (Å²) in [7, 11) is 4.06. The summed E-state index contributed by atoms with van der Waals surface area (Å²) in [5.74, 6) is 0. The lowest BCUT2D eigenvalue weighted by Crippen LogP contribution is -2.12. The number of allylic oxidation sites excluding steroid dienone is 1. The normalized spacial score (nSPS) is 19.6. The molecular formula is C6H11N2. The van der Waals surface area contributed by atoms with Crippen LogP contribution in [0, 0.1) is 6.67 Å². The second-order valence-electron chi connectivity index (χ2n) is 2.16. The molecule has 1 radical (unpaired) electrons. The molecule has 1 aliphatic heterocycles. The Morgan fingerprint density at radius 2 is 2.00 bits per heavy atom. The molecule has 1 heterocycles. The molecule has 0 N–H and O–H groups in total. The third-order valence-electron chi connectivity index (χ3n) is 1.30. The van der Waals surface area contributed by atoms with E-state index >= 15 is 0 Å². The highest BCUT2D eigenvalue weighted by atomic mass is 15.3. The molecule has 2 heteroatoms. The fourth-order valence-electron chi connectivity index (χ4n) is 0.783. The van der Waals surface area contributed by atoms with Gasteiger partial charge in [-0.05, 0) is 6.92 Å². The van der Waals surface area contributed by atoms with Crippen molar-refractivity contribution in [3.63, 3.8) is 0 Å². The minimum Gasteiger partial charge on any atom is -0.356 e.